The van der Waals surface area contributed by atoms with Crippen molar-refractivity contribution in [2.24, 2.45) is 4.99 Å². The molecule has 0 radical (unpaired) electrons. The van der Waals surface area contributed by atoms with Gasteiger partial charge in [-0.25, -0.2) is 4.99 Å². The fourth-order valence-electron chi connectivity index (χ4n) is 5.61. The minimum atomic E-state index is -0.296. The van der Waals surface area contributed by atoms with Crippen LogP contribution in [-0.2, 0) is 0 Å². The molecule has 2 aromatic rings. The zero-order valence-corrected chi connectivity index (χ0v) is 27.8. The van der Waals surface area contributed by atoms with Crippen LogP contribution in [0.5, 0.6) is 5.75 Å². The van der Waals surface area contributed by atoms with Crippen LogP contribution in [0.15, 0.2) is 70.5 Å². The molecular weight excluding hydrogens is 563 g/mol. The lowest BCUT2D eigenvalue weighted by atomic mass is 10.0. The van der Waals surface area contributed by atoms with E-state index >= 15 is 0 Å². The topological polar surface area (TPSA) is 55.4 Å². The van der Waals surface area contributed by atoms with E-state index in [-0.39, 0.29) is 7.92 Å². The second-order valence-corrected chi connectivity index (χ2v) is 13.9. The Morgan fingerprint density at radius 1 is 1.02 bits per heavy atom. The summed E-state index contributed by atoms with van der Waals surface area (Å²) in [7, 11) is 3.65. The van der Waals surface area contributed by atoms with Gasteiger partial charge >= 0.3 is 0 Å². The lowest BCUT2D eigenvalue weighted by Crippen LogP contribution is -2.52. The van der Waals surface area contributed by atoms with Gasteiger partial charge in [-0.3, -0.25) is 4.90 Å². The molecule has 0 bridgehead atoms. The van der Waals surface area contributed by atoms with Gasteiger partial charge < -0.3 is 25.2 Å². The number of halogens is 1. The monoisotopic (exact) mass is 610 g/mol. The molecule has 9 heteroatoms. The predicted octanol–water partition coefficient (Wildman–Crippen LogP) is 6.59. The lowest BCUT2D eigenvalue weighted by molar-refractivity contribution is 0.0982. The molecule has 0 unspecified atom stereocenters. The van der Waals surface area contributed by atoms with Crippen LogP contribution in [0.25, 0.3) is 0 Å². The molecule has 0 aromatic heterocycles. The molecule has 2 fully saturated rings. The molecule has 4 rings (SSSR count). The van der Waals surface area contributed by atoms with Crippen LogP contribution >= 0.6 is 19.5 Å². The first-order chi connectivity index (χ1) is 20.3. The minimum absolute atomic E-state index is 0.296. The number of likely N-dealkylation sites (N-methyl/N-ethyl adjacent to an activating group) is 1. The fourth-order valence-corrected chi connectivity index (χ4v) is 6.69. The maximum Gasteiger partial charge on any atom is 0.151 e. The van der Waals surface area contributed by atoms with Crippen molar-refractivity contribution in [2.75, 3.05) is 82.3 Å². The van der Waals surface area contributed by atoms with Gasteiger partial charge in [-0.1, -0.05) is 50.7 Å². The molecule has 2 aliphatic heterocycles. The second-order valence-electron chi connectivity index (χ2n) is 11.2. The van der Waals surface area contributed by atoms with Gasteiger partial charge in [0, 0.05) is 62.8 Å². The summed E-state index contributed by atoms with van der Waals surface area (Å²) in [6, 6.07) is 15.5. The van der Waals surface area contributed by atoms with Gasteiger partial charge in [0.25, 0.3) is 0 Å². The van der Waals surface area contributed by atoms with Crippen molar-refractivity contribution in [2.45, 2.75) is 39.2 Å². The van der Waals surface area contributed by atoms with Gasteiger partial charge in [0.1, 0.15) is 11.6 Å². The van der Waals surface area contributed by atoms with Crippen molar-refractivity contribution in [3.05, 3.63) is 65.5 Å². The number of ether oxygens (including phenoxy) is 1. The maximum absolute atomic E-state index is 6.67. The Bertz CT molecular complexity index is 1260. The van der Waals surface area contributed by atoms with E-state index in [1.165, 1.54) is 50.0 Å². The fraction of sp³-hybridized carbons (Fsp3) is 0.485. The Balaban J connectivity index is 1.49. The van der Waals surface area contributed by atoms with Crippen molar-refractivity contribution >= 4 is 47.7 Å². The van der Waals surface area contributed by atoms with Crippen LogP contribution in [0.3, 0.4) is 0 Å². The van der Waals surface area contributed by atoms with Crippen LogP contribution in [-0.4, -0.2) is 88.4 Å². The third-order valence-electron chi connectivity index (χ3n) is 8.08. The predicted molar refractivity (Wildman–Crippen MR) is 185 cm³/mol. The zero-order valence-electron chi connectivity index (χ0n) is 26.2. The average molecular weight is 611 g/mol. The highest BCUT2D eigenvalue weighted by Crippen LogP contribution is 2.33. The number of amidine groups is 1. The highest BCUT2D eigenvalue weighted by atomic mass is 35.5. The quantitative estimate of drug-likeness (QED) is 0.180. The number of para-hydroxylation sites is 1. The van der Waals surface area contributed by atoms with Crippen LogP contribution in [0.2, 0.25) is 0 Å². The number of nitrogens with zero attached hydrogens (tertiary/aromatic N) is 4. The SMILES string of the molecule is C\C=C(Cl)/C(=N\C(=C\CC)Nc1ccc(N2CCC(N3CCN(C)CC3)CC2)cc1OC)Nc1ccccc1P(C)C. The molecule has 0 saturated carbocycles. The third-order valence-corrected chi connectivity index (χ3v) is 9.83. The van der Waals surface area contributed by atoms with E-state index in [2.05, 4.69) is 95.1 Å². The van der Waals surface area contributed by atoms with Crippen LogP contribution in [0.4, 0.5) is 17.1 Å². The summed E-state index contributed by atoms with van der Waals surface area (Å²) < 4.78 is 5.86. The number of rotatable bonds is 10. The second kappa shape index (κ2) is 15.8. The average Bonchev–Trinajstić information content (AvgIpc) is 3.01. The number of piperazine rings is 1. The molecule has 7 nitrogen and oxygen atoms in total. The van der Waals surface area contributed by atoms with E-state index in [1.54, 1.807) is 7.11 Å². The summed E-state index contributed by atoms with van der Waals surface area (Å²) in [5, 5.41) is 8.86. The number of aliphatic imine (C=N–C) groups is 1. The maximum atomic E-state index is 6.67. The first-order valence-corrected chi connectivity index (χ1v) is 17.7. The molecule has 2 N–H and O–H groups in total. The Hall–Kier alpha value is -2.57. The number of hydrogen-bond donors (Lipinski definition) is 2. The van der Waals surface area contributed by atoms with Crippen LogP contribution < -0.4 is 25.6 Å². The first kappa shape index (κ1) is 32.3. The van der Waals surface area contributed by atoms with Gasteiger partial charge in [-0.05, 0) is 76.1 Å². The summed E-state index contributed by atoms with van der Waals surface area (Å²) in [5.74, 6) is 2.12. The van der Waals surface area contributed by atoms with Gasteiger partial charge in [-0.15, -0.1) is 0 Å². The molecule has 0 amide bonds. The van der Waals surface area contributed by atoms with Gasteiger partial charge in [0.05, 0.1) is 17.8 Å². The molecule has 2 aliphatic rings. The van der Waals surface area contributed by atoms with Crippen molar-refractivity contribution in [3.63, 3.8) is 0 Å². The molecule has 0 aliphatic carbocycles. The first-order valence-electron chi connectivity index (χ1n) is 15.1. The number of piperidine rings is 1. The van der Waals surface area contributed by atoms with E-state index in [0.717, 1.165) is 36.6 Å². The normalized spacial score (nSPS) is 18.5. The molecule has 0 atom stereocenters. The number of benzene rings is 2. The summed E-state index contributed by atoms with van der Waals surface area (Å²) in [6.07, 6.45) is 7.15. The largest absolute Gasteiger partial charge is 0.494 e. The third kappa shape index (κ3) is 8.50. The summed E-state index contributed by atoms with van der Waals surface area (Å²) >= 11 is 6.67. The lowest BCUT2D eigenvalue weighted by Gasteiger charge is -2.42. The van der Waals surface area contributed by atoms with Crippen molar-refractivity contribution < 1.29 is 4.74 Å². The van der Waals surface area contributed by atoms with Crippen molar-refractivity contribution in [1.29, 1.82) is 0 Å². The van der Waals surface area contributed by atoms with E-state index < -0.39 is 0 Å². The van der Waals surface area contributed by atoms with Gasteiger partial charge in [0.15, 0.2) is 5.84 Å². The zero-order chi connectivity index (χ0) is 30.1. The van der Waals surface area contributed by atoms with Crippen molar-refractivity contribution in [1.82, 2.24) is 9.80 Å². The molecule has 2 heterocycles. The Morgan fingerprint density at radius 3 is 2.38 bits per heavy atom. The molecule has 228 valence electrons. The number of anilines is 3. The summed E-state index contributed by atoms with van der Waals surface area (Å²) in [4.78, 5) is 12.6. The summed E-state index contributed by atoms with van der Waals surface area (Å²) in [5.41, 5.74) is 3.10. The Morgan fingerprint density at radius 2 is 1.74 bits per heavy atom. The van der Waals surface area contributed by atoms with Gasteiger partial charge in [0.2, 0.25) is 0 Å². The number of hydrogen-bond acceptors (Lipinski definition) is 6. The number of nitrogens with one attached hydrogen (secondary N) is 2. The standard InChI is InChI=1S/C33H48ClN6OP/c1-7-11-32(37-33(27(34)8-2)36-29-12-9-10-13-31(29)42(5)6)35-28-15-14-26(24-30(28)41-4)39-18-16-25(17-19-39)40-22-20-38(3)21-23-40/h8-15,24-25,35H,7,16-23H2,1-6H3,(H,36,37)/b27-8+,32-11+. The molecule has 2 aromatic carbocycles. The smallest absolute Gasteiger partial charge is 0.151 e. The van der Waals surface area contributed by atoms with Crippen LogP contribution in [0, 0.1) is 0 Å². The highest BCUT2D eigenvalue weighted by Gasteiger charge is 2.27. The van der Waals surface area contributed by atoms with E-state index in [0.29, 0.717) is 22.7 Å². The highest BCUT2D eigenvalue weighted by molar-refractivity contribution is 7.64. The Kier molecular flexibility index (Phi) is 12.1. The van der Waals surface area contributed by atoms with E-state index in [4.69, 9.17) is 21.3 Å². The van der Waals surface area contributed by atoms with E-state index in [9.17, 15) is 0 Å². The number of methoxy groups -OCH3 is 1. The molecule has 42 heavy (non-hydrogen) atoms. The molecule has 0 spiro atoms. The molecule has 2 saturated heterocycles. The number of allylic oxidation sites excluding steroid dienone is 2. The van der Waals surface area contributed by atoms with Gasteiger partial charge in [-0.2, -0.15) is 0 Å². The van der Waals surface area contributed by atoms with Crippen LogP contribution in [0.1, 0.15) is 33.1 Å². The Labute approximate surface area is 259 Å². The molecular formula is C33H48ClN6OP. The summed E-state index contributed by atoms with van der Waals surface area (Å²) in [6.45, 7) is 15.4. The van der Waals surface area contributed by atoms with Crippen molar-refractivity contribution in [3.8, 4) is 5.75 Å². The van der Waals surface area contributed by atoms with E-state index in [1.807, 2.05) is 19.1 Å². The minimum Gasteiger partial charge on any atom is -0.494 e.